The minimum atomic E-state index is -0.0767. The van der Waals surface area contributed by atoms with Crippen molar-refractivity contribution in [2.24, 2.45) is 0 Å². The lowest BCUT2D eigenvalue weighted by atomic mass is 9.98. The monoisotopic (exact) mass is 380 g/mol. The number of carbonyl (C=O) groups is 2. The van der Waals surface area contributed by atoms with E-state index in [0.29, 0.717) is 18.7 Å². The second kappa shape index (κ2) is 8.17. The summed E-state index contributed by atoms with van der Waals surface area (Å²) in [6, 6.07) is 9.87. The topological polar surface area (TPSA) is 69.3 Å². The first-order valence-electron chi connectivity index (χ1n) is 10.4. The van der Waals surface area contributed by atoms with Crippen molar-refractivity contribution in [1.29, 1.82) is 0 Å². The average Bonchev–Trinajstić information content (AvgIpc) is 3.39. The lowest BCUT2D eigenvalue weighted by Crippen LogP contribution is -2.38. The third-order valence-corrected chi connectivity index (χ3v) is 5.88. The highest BCUT2D eigenvalue weighted by atomic mass is 16.2. The van der Waals surface area contributed by atoms with Gasteiger partial charge in [0, 0.05) is 25.2 Å². The number of hydrogen-bond donors (Lipinski definition) is 1. The van der Waals surface area contributed by atoms with Crippen LogP contribution in [0.1, 0.15) is 73.2 Å². The molecule has 2 aliphatic heterocycles. The Bertz CT molecular complexity index is 860. The van der Waals surface area contributed by atoms with Crippen molar-refractivity contribution < 1.29 is 9.59 Å². The number of benzene rings is 1. The van der Waals surface area contributed by atoms with Crippen LogP contribution in [0.4, 0.5) is 5.69 Å². The summed E-state index contributed by atoms with van der Waals surface area (Å²) >= 11 is 0. The molecule has 1 N–H and O–H groups in total. The largest absolute Gasteiger partial charge is 0.334 e. The number of unbranched alkanes of at least 4 members (excludes halogenated alkanes) is 1. The number of likely N-dealkylation sites (tertiary alicyclic amines) is 1. The average molecular weight is 380 g/mol. The first-order valence-corrected chi connectivity index (χ1v) is 10.4. The van der Waals surface area contributed by atoms with Gasteiger partial charge in [-0.25, -0.2) is 0 Å². The van der Waals surface area contributed by atoms with E-state index in [0.717, 1.165) is 56.5 Å². The number of aromatic nitrogens is 2. The zero-order valence-electron chi connectivity index (χ0n) is 16.5. The fourth-order valence-electron chi connectivity index (χ4n) is 4.33. The molecule has 1 saturated heterocycles. The molecule has 148 valence electrons. The number of hydrogen-bond acceptors (Lipinski definition) is 3. The van der Waals surface area contributed by atoms with E-state index < -0.39 is 0 Å². The molecule has 1 aromatic heterocycles. The van der Waals surface area contributed by atoms with Crippen molar-refractivity contribution in [2.75, 3.05) is 18.0 Å². The van der Waals surface area contributed by atoms with Crippen LogP contribution in [0, 0.1) is 0 Å². The van der Waals surface area contributed by atoms with Gasteiger partial charge in [0.05, 0.1) is 11.7 Å². The Hall–Kier alpha value is -2.63. The number of nitrogens with one attached hydrogen (secondary N) is 1. The molecule has 0 spiro atoms. The van der Waals surface area contributed by atoms with Gasteiger partial charge in [-0.2, -0.15) is 5.10 Å². The number of carbonyl (C=O) groups excluding carboxylic acids is 2. The van der Waals surface area contributed by atoms with E-state index in [1.54, 1.807) is 4.90 Å². The molecular weight excluding hydrogens is 352 g/mol. The first-order chi connectivity index (χ1) is 13.7. The van der Waals surface area contributed by atoms with Gasteiger partial charge in [-0.3, -0.25) is 14.7 Å². The van der Waals surface area contributed by atoms with Crippen molar-refractivity contribution >= 4 is 17.5 Å². The molecule has 0 saturated carbocycles. The summed E-state index contributed by atoms with van der Waals surface area (Å²) in [6.07, 6.45) is 6.45. The van der Waals surface area contributed by atoms with Crippen LogP contribution < -0.4 is 4.90 Å². The lowest BCUT2D eigenvalue weighted by molar-refractivity contribution is -0.135. The Morgan fingerprint density at radius 2 is 2.07 bits per heavy atom. The second-order valence-electron chi connectivity index (χ2n) is 7.75. The minimum Gasteiger partial charge on any atom is -0.334 e. The first kappa shape index (κ1) is 18.7. The smallest absolute Gasteiger partial charge is 0.278 e. The lowest BCUT2D eigenvalue weighted by Gasteiger charge is -2.35. The third-order valence-electron chi connectivity index (χ3n) is 5.88. The van der Waals surface area contributed by atoms with E-state index in [-0.39, 0.29) is 17.9 Å². The van der Waals surface area contributed by atoms with E-state index >= 15 is 0 Å². The summed E-state index contributed by atoms with van der Waals surface area (Å²) in [5, 5.41) is 7.36. The van der Waals surface area contributed by atoms with Gasteiger partial charge < -0.3 is 9.80 Å². The molecule has 0 aliphatic carbocycles. The molecule has 6 nitrogen and oxygen atoms in total. The molecule has 1 atom stereocenters. The van der Waals surface area contributed by atoms with Gasteiger partial charge in [-0.05, 0) is 49.8 Å². The van der Waals surface area contributed by atoms with Gasteiger partial charge in [0.15, 0.2) is 5.69 Å². The summed E-state index contributed by atoms with van der Waals surface area (Å²) in [5.41, 5.74) is 3.48. The van der Waals surface area contributed by atoms with Crippen molar-refractivity contribution in [2.45, 2.75) is 57.9 Å². The molecule has 4 rings (SSSR count). The maximum Gasteiger partial charge on any atom is 0.278 e. The van der Waals surface area contributed by atoms with Gasteiger partial charge in [-0.15, -0.1) is 0 Å². The van der Waals surface area contributed by atoms with Crippen LogP contribution in [-0.4, -0.2) is 40.0 Å². The molecule has 0 bridgehead atoms. The Balaban J connectivity index is 1.52. The number of H-pyrrole nitrogens is 1. The maximum atomic E-state index is 13.0. The number of anilines is 1. The van der Waals surface area contributed by atoms with Crippen molar-refractivity contribution in [3.05, 3.63) is 47.3 Å². The number of para-hydroxylation sites is 1. The molecular formula is C22H28N4O2. The van der Waals surface area contributed by atoms with E-state index in [2.05, 4.69) is 23.2 Å². The maximum absolute atomic E-state index is 13.0. The molecule has 0 radical (unpaired) electrons. The summed E-state index contributed by atoms with van der Waals surface area (Å²) in [7, 11) is 0. The Morgan fingerprint density at radius 1 is 1.21 bits per heavy atom. The zero-order chi connectivity index (χ0) is 19.5. The zero-order valence-corrected chi connectivity index (χ0v) is 16.5. The number of nitrogens with zero attached hydrogens (tertiary/aromatic N) is 3. The van der Waals surface area contributed by atoms with Gasteiger partial charge in [0.2, 0.25) is 5.91 Å². The number of amides is 2. The molecule has 1 fully saturated rings. The fraction of sp³-hybridized carbons (Fsp3) is 0.500. The predicted octanol–water partition coefficient (Wildman–Crippen LogP) is 3.86. The molecule has 1 unspecified atom stereocenters. The molecule has 2 aliphatic rings. The Kier molecular flexibility index (Phi) is 5.46. The number of piperidine rings is 1. The van der Waals surface area contributed by atoms with Crippen molar-refractivity contribution in [3.8, 4) is 0 Å². The van der Waals surface area contributed by atoms with Gasteiger partial charge in [0.1, 0.15) is 0 Å². The highest BCUT2D eigenvalue weighted by Crippen LogP contribution is 2.32. The minimum absolute atomic E-state index is 0.00183. The summed E-state index contributed by atoms with van der Waals surface area (Å²) in [4.78, 5) is 29.5. The molecule has 6 heteroatoms. The van der Waals surface area contributed by atoms with Crippen LogP contribution in [0.3, 0.4) is 0 Å². The van der Waals surface area contributed by atoms with Crippen molar-refractivity contribution in [1.82, 2.24) is 15.1 Å². The van der Waals surface area contributed by atoms with Crippen LogP contribution in [0.15, 0.2) is 30.3 Å². The highest BCUT2D eigenvalue weighted by molar-refractivity contribution is 6.06. The number of rotatable bonds is 5. The highest BCUT2D eigenvalue weighted by Gasteiger charge is 2.31. The summed E-state index contributed by atoms with van der Waals surface area (Å²) in [6.45, 7) is 3.57. The van der Waals surface area contributed by atoms with E-state index in [4.69, 9.17) is 0 Å². The van der Waals surface area contributed by atoms with E-state index in [9.17, 15) is 9.59 Å². The van der Waals surface area contributed by atoms with Gasteiger partial charge in [0.25, 0.3) is 5.91 Å². The Labute approximate surface area is 165 Å². The molecule has 2 amide bonds. The van der Waals surface area contributed by atoms with Gasteiger partial charge in [-0.1, -0.05) is 31.5 Å². The normalized spacial score (nSPS) is 19.0. The van der Waals surface area contributed by atoms with E-state index in [1.165, 1.54) is 5.56 Å². The van der Waals surface area contributed by atoms with Gasteiger partial charge >= 0.3 is 0 Å². The SMILES string of the molecule is CCCCC(=O)N1CCCCC1c1cc(C(=O)N2CCc3ccccc32)n[nH]1. The molecule has 1 aromatic carbocycles. The van der Waals surface area contributed by atoms with Crippen molar-refractivity contribution in [3.63, 3.8) is 0 Å². The quantitative estimate of drug-likeness (QED) is 0.856. The number of aromatic amines is 1. The Morgan fingerprint density at radius 3 is 2.93 bits per heavy atom. The number of fused-ring (bicyclic) bond motifs is 1. The van der Waals surface area contributed by atoms with Crippen LogP contribution in [0.5, 0.6) is 0 Å². The molecule has 3 heterocycles. The fourth-order valence-corrected chi connectivity index (χ4v) is 4.33. The molecule has 2 aromatic rings. The van der Waals surface area contributed by atoms with Crippen LogP contribution in [0.2, 0.25) is 0 Å². The standard InChI is InChI=1S/C22H28N4O2/c1-2-3-11-21(27)25-13-7-6-10-20(25)17-15-18(24-23-17)22(28)26-14-12-16-8-4-5-9-19(16)26/h4-5,8-9,15,20H,2-3,6-7,10-14H2,1H3,(H,23,24). The summed E-state index contributed by atoms with van der Waals surface area (Å²) < 4.78 is 0. The second-order valence-corrected chi connectivity index (χ2v) is 7.75. The van der Waals surface area contributed by atoms with Crippen LogP contribution >= 0.6 is 0 Å². The van der Waals surface area contributed by atoms with Crippen LogP contribution in [-0.2, 0) is 11.2 Å². The molecule has 28 heavy (non-hydrogen) atoms. The van der Waals surface area contributed by atoms with E-state index in [1.807, 2.05) is 29.2 Å². The summed E-state index contributed by atoms with van der Waals surface area (Å²) in [5.74, 6) is 0.134. The predicted molar refractivity (Wildman–Crippen MR) is 108 cm³/mol. The third kappa shape index (κ3) is 3.55. The van der Waals surface area contributed by atoms with Crippen LogP contribution in [0.25, 0.3) is 0 Å².